The van der Waals surface area contributed by atoms with E-state index in [4.69, 9.17) is 46.4 Å². The first-order valence-electron chi connectivity index (χ1n) is 25.3. The summed E-state index contributed by atoms with van der Waals surface area (Å²) in [7, 11) is -5.72. The van der Waals surface area contributed by atoms with Gasteiger partial charge in [-0.2, -0.15) is 0 Å². The fourth-order valence-corrected chi connectivity index (χ4v) is 8.47. The number of halogens is 2. The average Bonchev–Trinajstić information content (AvgIpc) is 3.32. The molecule has 2 saturated carbocycles. The van der Waals surface area contributed by atoms with E-state index in [1.807, 2.05) is 9.44 Å². The minimum atomic E-state index is -4.31. The van der Waals surface area contributed by atoms with Crippen LogP contribution in [-0.2, 0) is 32.9 Å². The van der Waals surface area contributed by atoms with Crippen LogP contribution in [0.25, 0.3) is 0 Å². The number of hydrogen-bond acceptors (Lipinski definition) is 10. The van der Waals surface area contributed by atoms with Crippen molar-refractivity contribution < 1.29 is 59.2 Å². The van der Waals surface area contributed by atoms with Crippen LogP contribution in [0.15, 0.2) is 94.7 Å². The highest BCUT2D eigenvalue weighted by Crippen LogP contribution is 2.24. The summed E-state index contributed by atoms with van der Waals surface area (Å²) in [6.07, 6.45) is -11.8. The summed E-state index contributed by atoms with van der Waals surface area (Å²) < 4.78 is 144. The minimum Gasteiger partial charge on any atom is -0.496 e. The normalized spacial score (nSPS) is 20.4. The minimum absolute atomic E-state index is 0.0543. The van der Waals surface area contributed by atoms with Crippen molar-refractivity contribution >= 4 is 67.1 Å². The number of benzene rings is 4. The van der Waals surface area contributed by atoms with Gasteiger partial charge in [-0.05, 0) is 110 Å². The van der Waals surface area contributed by atoms with Gasteiger partial charge in [-0.3, -0.25) is 9.59 Å². The van der Waals surface area contributed by atoms with E-state index in [-0.39, 0.29) is 58.7 Å². The number of amides is 6. The molecule has 0 heterocycles. The second-order valence-electron chi connectivity index (χ2n) is 14.4. The smallest absolute Gasteiger partial charge is 0.328 e. The Balaban J connectivity index is 0.000000281. The van der Waals surface area contributed by atoms with Gasteiger partial charge < -0.3 is 30.7 Å². The Labute approximate surface area is 410 Å². The molecule has 2 fully saturated rings. The number of sulfonamides is 2. The average molecular weight is 998 g/mol. The Bertz CT molecular complexity index is 2970. The third-order valence-electron chi connectivity index (χ3n) is 9.67. The van der Waals surface area contributed by atoms with Gasteiger partial charge in [0.1, 0.15) is 11.5 Å². The number of carbonyl (C=O) groups is 4. The number of rotatable bonds is 16. The van der Waals surface area contributed by atoms with Gasteiger partial charge in [0.15, 0.2) is 0 Å². The molecule has 0 saturated heterocycles. The number of methoxy groups -OCH3 is 2. The van der Waals surface area contributed by atoms with Crippen molar-refractivity contribution in [2.45, 2.75) is 98.7 Å². The first kappa shape index (κ1) is 38.5. The number of ether oxygens (including phenoxy) is 2. The van der Waals surface area contributed by atoms with Gasteiger partial charge >= 0.3 is 12.1 Å². The molecule has 2 aliphatic carbocycles. The van der Waals surface area contributed by atoms with E-state index >= 15 is 0 Å². The molecule has 20 heteroatoms. The Morgan fingerprint density at radius 3 is 1.41 bits per heavy atom. The van der Waals surface area contributed by atoms with Crippen molar-refractivity contribution in [1.29, 1.82) is 0 Å². The Morgan fingerprint density at radius 2 is 1.00 bits per heavy atom. The number of nitrogens with one attached hydrogen (secondary N) is 6. The first-order valence-corrected chi connectivity index (χ1v) is 24.0. The first-order chi connectivity index (χ1) is 35.2. The van der Waals surface area contributed by atoms with Crippen molar-refractivity contribution in [3.63, 3.8) is 0 Å². The third-order valence-corrected chi connectivity index (χ3v) is 12.8. The lowest BCUT2D eigenvalue weighted by Gasteiger charge is -2.22. The van der Waals surface area contributed by atoms with Crippen molar-refractivity contribution in [2.24, 2.45) is 0 Å². The number of hydrogen-bond donors (Lipinski definition) is 6. The Hall–Kier alpha value is -5.56. The predicted molar refractivity (Wildman–Crippen MR) is 252 cm³/mol. The Morgan fingerprint density at radius 1 is 0.591 bits per heavy atom. The quantitative estimate of drug-likeness (QED) is 0.0657. The van der Waals surface area contributed by atoms with Gasteiger partial charge in [0, 0.05) is 48.9 Å². The molecule has 6 amide bonds. The molecule has 6 N–H and O–H groups in total. The largest absolute Gasteiger partial charge is 0.496 e. The molecule has 0 unspecified atom stereocenters. The summed E-state index contributed by atoms with van der Waals surface area (Å²) >= 11 is 11.9. The molecule has 4 aromatic carbocycles. The molecule has 356 valence electrons. The maximum Gasteiger partial charge on any atom is 0.328 e. The van der Waals surface area contributed by atoms with Crippen LogP contribution in [0.2, 0.25) is 10.0 Å². The molecule has 0 radical (unpaired) electrons. The van der Waals surface area contributed by atoms with Crippen LogP contribution < -0.4 is 40.2 Å². The van der Waals surface area contributed by atoms with Gasteiger partial charge in [0.2, 0.25) is 0 Å². The summed E-state index contributed by atoms with van der Waals surface area (Å²) in [5.41, 5.74) is 1.99. The maximum atomic E-state index is 12.6. The summed E-state index contributed by atoms with van der Waals surface area (Å²) in [4.78, 5) is 49.2. The second kappa shape index (κ2) is 24.8. The van der Waals surface area contributed by atoms with E-state index in [2.05, 4.69) is 21.3 Å². The van der Waals surface area contributed by atoms with Crippen molar-refractivity contribution in [1.82, 2.24) is 30.7 Å². The van der Waals surface area contributed by atoms with E-state index in [1.165, 1.54) is 74.9 Å². The lowest BCUT2D eigenvalue weighted by atomic mass is 9.96. The molecule has 6 rings (SSSR count). The SMILES string of the molecule is [2H]C1([2H])CC(NC(=O)NS(=O)(=O)c2ccc(CCNC(=O)c3cc(Cl)ccc3OC)cc2)CC([2H])([2H])C1([2H])[2H].[2H]C1([2H])CCCC([2H])([2H])C1NC(=O)NS(=O)(=O)c1ccc(CCNC(=O)c2cc(Cl)ccc2OC)cc1. The van der Waals surface area contributed by atoms with E-state index in [0.717, 1.165) is 5.56 Å². The number of urea groups is 2. The molecule has 2 aliphatic rings. The lowest BCUT2D eigenvalue weighted by molar-refractivity contribution is 0.0942. The van der Waals surface area contributed by atoms with Crippen LogP contribution in [0.3, 0.4) is 0 Å². The van der Waals surface area contributed by atoms with Crippen molar-refractivity contribution in [3.05, 3.63) is 117 Å². The van der Waals surface area contributed by atoms with Gasteiger partial charge in [-0.25, -0.2) is 35.9 Å². The summed E-state index contributed by atoms with van der Waals surface area (Å²) in [5, 5.41) is 10.7. The second-order valence-corrected chi connectivity index (χ2v) is 18.7. The number of carbonyl (C=O) groups excluding carboxylic acids is 4. The zero-order valence-corrected chi connectivity index (χ0v) is 38.9. The zero-order chi connectivity index (χ0) is 56.7. The summed E-state index contributed by atoms with van der Waals surface area (Å²) in [6.45, 7) is 0.494. The van der Waals surface area contributed by atoms with E-state index in [1.54, 1.807) is 24.3 Å². The molecular formula is C46H56Cl2N6O10S2. The van der Waals surface area contributed by atoms with Crippen molar-refractivity contribution in [2.75, 3.05) is 27.3 Å². The molecule has 0 aromatic heterocycles. The fourth-order valence-electron chi connectivity index (χ4n) is 6.29. The van der Waals surface area contributed by atoms with Crippen LogP contribution in [0.4, 0.5) is 9.59 Å². The van der Waals surface area contributed by atoms with Gasteiger partial charge in [0.25, 0.3) is 31.9 Å². The third kappa shape index (κ3) is 15.8. The van der Waals surface area contributed by atoms with E-state index in [0.29, 0.717) is 46.4 Å². The monoisotopic (exact) mass is 996 g/mol. The summed E-state index contributed by atoms with van der Waals surface area (Å²) in [5.74, 6) is -0.0203. The van der Waals surface area contributed by atoms with Crippen LogP contribution in [-0.4, -0.2) is 80.1 Å². The van der Waals surface area contributed by atoms with Crippen molar-refractivity contribution in [3.8, 4) is 11.5 Å². The maximum absolute atomic E-state index is 12.6. The molecule has 16 nitrogen and oxygen atoms in total. The molecule has 0 aliphatic heterocycles. The Kier molecular flexibility index (Phi) is 14.5. The van der Waals surface area contributed by atoms with E-state index in [9.17, 15) is 36.0 Å². The molecule has 0 spiro atoms. The lowest BCUT2D eigenvalue weighted by Crippen LogP contribution is -2.45. The molecule has 66 heavy (non-hydrogen) atoms. The molecule has 4 aromatic rings. The predicted octanol–water partition coefficient (Wildman–Crippen LogP) is 7.28. The highest BCUT2D eigenvalue weighted by Gasteiger charge is 2.23. The molecule has 0 bridgehead atoms. The van der Waals surface area contributed by atoms with Gasteiger partial charge in [-0.1, -0.05) is 85.8 Å². The van der Waals surface area contributed by atoms with Crippen LogP contribution >= 0.6 is 23.2 Å². The van der Waals surface area contributed by atoms with Gasteiger partial charge in [0.05, 0.1) is 35.1 Å². The topological polar surface area (TPSA) is 227 Å². The summed E-state index contributed by atoms with van der Waals surface area (Å²) in [6, 6.07) is 15.6. The highest BCUT2D eigenvalue weighted by molar-refractivity contribution is 7.90. The van der Waals surface area contributed by atoms with Gasteiger partial charge in [-0.15, -0.1) is 0 Å². The highest BCUT2D eigenvalue weighted by atomic mass is 35.5. The van der Waals surface area contributed by atoms with E-state index < -0.39 is 88.9 Å². The van der Waals surface area contributed by atoms with Crippen LogP contribution in [0.1, 0.15) is 110 Å². The fraction of sp³-hybridized carbons (Fsp3) is 0.391. The molecular weight excluding hydrogens is 932 g/mol. The van der Waals surface area contributed by atoms with Crippen LogP contribution in [0, 0.1) is 0 Å². The standard InChI is InChI=1S/2C23H28ClN3O5S/c2*1-32-21-12-9-17(24)15-20(21)22(28)25-14-13-16-7-10-19(11-8-16)33(30,31)27-23(29)26-18-5-3-2-4-6-18/h2*7-12,15,18H,2-6,13-14H2,1H3,(H,25,28)(H2,26,27,29)/i2D2,3D2,4D2;5D2,6D2. The zero-order valence-electron chi connectivity index (χ0n) is 45.8. The molecule has 0 atom stereocenters. The van der Waals surface area contributed by atoms with Crippen LogP contribution in [0.5, 0.6) is 11.5 Å².